The summed E-state index contributed by atoms with van der Waals surface area (Å²) in [6, 6.07) is 29.3. The van der Waals surface area contributed by atoms with Crippen LogP contribution in [0.1, 0.15) is 46.5 Å². The van der Waals surface area contributed by atoms with E-state index in [0.29, 0.717) is 0 Å². The maximum absolute atomic E-state index is 12.8. The second-order valence-electron chi connectivity index (χ2n) is 9.77. The molecule has 5 rings (SSSR count). The molecule has 0 spiro atoms. The van der Waals surface area contributed by atoms with Crippen LogP contribution in [-0.4, -0.2) is 15.3 Å². The Kier molecular flexibility index (Phi) is 6.57. The minimum atomic E-state index is -0.327. The molecule has 0 bridgehead atoms. The van der Waals surface area contributed by atoms with Gasteiger partial charge in [-0.05, 0) is 55.0 Å². The van der Waals surface area contributed by atoms with Crippen molar-refractivity contribution >= 4 is 22.5 Å². The number of amides is 1. The van der Waals surface area contributed by atoms with Crippen LogP contribution in [0.2, 0.25) is 0 Å². The number of carbonyl (C=O) groups excluding carboxylic acids is 1. The number of hydrazine groups is 1. The zero-order chi connectivity index (χ0) is 25.2. The molecule has 36 heavy (non-hydrogen) atoms. The Morgan fingerprint density at radius 3 is 2.36 bits per heavy atom. The number of aromatic nitrogens is 2. The molecule has 0 aliphatic heterocycles. The third-order valence-corrected chi connectivity index (χ3v) is 7.12. The predicted molar refractivity (Wildman–Crippen MR) is 146 cm³/mol. The van der Waals surface area contributed by atoms with Crippen molar-refractivity contribution in [2.45, 2.75) is 39.5 Å². The van der Waals surface area contributed by atoms with Crippen molar-refractivity contribution in [2.75, 3.05) is 0 Å². The fourth-order valence-corrected chi connectivity index (χ4v) is 5.49. The summed E-state index contributed by atoms with van der Waals surface area (Å²) in [5.41, 5.74) is 11.4. The molecule has 2 heterocycles. The Morgan fingerprint density at radius 2 is 1.64 bits per heavy atom. The highest BCUT2D eigenvalue weighted by molar-refractivity contribution is 5.91. The van der Waals surface area contributed by atoms with E-state index in [9.17, 15) is 4.79 Å². The molecule has 1 amide bonds. The van der Waals surface area contributed by atoms with Crippen LogP contribution in [0.4, 0.5) is 0 Å². The van der Waals surface area contributed by atoms with Gasteiger partial charge in [0.15, 0.2) is 0 Å². The van der Waals surface area contributed by atoms with Crippen LogP contribution < -0.4 is 11.3 Å². The lowest BCUT2D eigenvalue weighted by Crippen LogP contribution is -2.37. The molecule has 5 heteroatoms. The van der Waals surface area contributed by atoms with E-state index in [1.807, 2.05) is 25.1 Å². The van der Waals surface area contributed by atoms with Gasteiger partial charge in [0, 0.05) is 28.8 Å². The van der Waals surface area contributed by atoms with Crippen LogP contribution in [0.15, 0.2) is 84.9 Å². The van der Waals surface area contributed by atoms with Crippen molar-refractivity contribution in [1.29, 1.82) is 0 Å². The fraction of sp³-hybridized carbons (Fsp3) is 0.226. The molecule has 0 aliphatic rings. The summed E-state index contributed by atoms with van der Waals surface area (Å²) in [6.45, 7) is 6.28. The van der Waals surface area contributed by atoms with E-state index in [2.05, 4.69) is 90.4 Å². The van der Waals surface area contributed by atoms with E-state index >= 15 is 0 Å². The highest BCUT2D eigenvalue weighted by Gasteiger charge is 2.27. The zero-order valence-corrected chi connectivity index (χ0v) is 21.0. The predicted octanol–water partition coefficient (Wildman–Crippen LogP) is 5.65. The normalized spacial score (nSPS) is 13.1. The molecule has 0 radical (unpaired) electrons. The first kappa shape index (κ1) is 23.8. The van der Waals surface area contributed by atoms with E-state index in [1.165, 1.54) is 33.3 Å². The molecule has 2 atom stereocenters. The minimum absolute atomic E-state index is 0.0938. The van der Waals surface area contributed by atoms with Gasteiger partial charge >= 0.3 is 0 Å². The van der Waals surface area contributed by atoms with Gasteiger partial charge in [0.2, 0.25) is 5.91 Å². The Hall–Kier alpha value is -3.96. The van der Waals surface area contributed by atoms with Crippen LogP contribution in [0.3, 0.4) is 0 Å². The van der Waals surface area contributed by atoms with Gasteiger partial charge < -0.3 is 0 Å². The lowest BCUT2D eigenvalue weighted by Gasteiger charge is -2.23. The average molecular weight is 477 g/mol. The summed E-state index contributed by atoms with van der Waals surface area (Å²) in [4.78, 5) is 17.7. The molecule has 0 fully saturated rings. The zero-order valence-electron chi connectivity index (χ0n) is 21.0. The molecule has 5 aromatic rings. The number of para-hydroxylation sites is 1. The number of hydrogen-bond donors (Lipinski definition) is 2. The van der Waals surface area contributed by atoms with Crippen molar-refractivity contribution in [3.05, 3.63) is 119 Å². The largest absolute Gasteiger partial charge is 0.298 e. The van der Waals surface area contributed by atoms with E-state index in [1.54, 1.807) is 0 Å². The molecule has 2 unspecified atom stereocenters. The summed E-state index contributed by atoms with van der Waals surface area (Å²) in [5, 5.41) is 1.22. The quantitative estimate of drug-likeness (QED) is 0.181. The minimum Gasteiger partial charge on any atom is -0.298 e. The number of nitrogens with two attached hydrogens (primary N) is 1. The molecule has 3 N–H and O–H groups in total. The van der Waals surface area contributed by atoms with Gasteiger partial charge in [-0.1, -0.05) is 79.7 Å². The number of fused-ring (bicyclic) bond motifs is 3. The van der Waals surface area contributed by atoms with Crippen LogP contribution in [-0.2, 0) is 17.6 Å². The van der Waals surface area contributed by atoms with Crippen molar-refractivity contribution in [3.63, 3.8) is 0 Å². The first-order chi connectivity index (χ1) is 17.5. The highest BCUT2D eigenvalue weighted by atomic mass is 16.2. The molecular weight excluding hydrogens is 444 g/mol. The first-order valence-corrected chi connectivity index (χ1v) is 12.5. The van der Waals surface area contributed by atoms with Gasteiger partial charge in [-0.3, -0.25) is 14.6 Å². The smallest absolute Gasteiger partial charge is 0.241 e. The number of benzene rings is 3. The van der Waals surface area contributed by atoms with Gasteiger partial charge in [0.25, 0.3) is 0 Å². The van der Waals surface area contributed by atoms with Crippen LogP contribution in [0, 0.1) is 19.8 Å². The second-order valence-corrected chi connectivity index (χ2v) is 9.77. The molecule has 0 saturated carbocycles. The number of nitrogens with zero attached hydrogens (tertiary/aromatic N) is 2. The molecule has 3 aromatic carbocycles. The second kappa shape index (κ2) is 9.96. The van der Waals surface area contributed by atoms with Crippen molar-refractivity contribution in [3.8, 4) is 0 Å². The highest BCUT2D eigenvalue weighted by Crippen LogP contribution is 2.31. The Bertz CT molecular complexity index is 1520. The van der Waals surface area contributed by atoms with Crippen molar-refractivity contribution in [2.24, 2.45) is 11.8 Å². The summed E-state index contributed by atoms with van der Waals surface area (Å²) in [5.74, 6) is 5.19. The summed E-state index contributed by atoms with van der Waals surface area (Å²) in [7, 11) is 0. The standard InChI is InChI=1S/C31H32N4O/c1-20(17-23-9-5-4-6-10-23)29(31(36)34-32)25-15-13-24(14-16-25)19-27-26-11-7-8-12-28(26)35-22(3)18-21(2)33-30(27)35/h4-16,18,20,29H,17,19,32H2,1-3H3,(H,34,36). The molecule has 0 saturated heterocycles. The van der Waals surface area contributed by atoms with E-state index < -0.39 is 0 Å². The molecular formula is C31H32N4O. The Labute approximate surface area is 212 Å². The van der Waals surface area contributed by atoms with Crippen molar-refractivity contribution < 1.29 is 4.79 Å². The van der Waals surface area contributed by atoms with Crippen LogP contribution in [0.5, 0.6) is 0 Å². The van der Waals surface area contributed by atoms with E-state index in [-0.39, 0.29) is 17.7 Å². The van der Waals surface area contributed by atoms with Crippen molar-refractivity contribution in [1.82, 2.24) is 14.8 Å². The molecule has 0 aliphatic carbocycles. The lowest BCUT2D eigenvalue weighted by atomic mass is 9.82. The topological polar surface area (TPSA) is 72.4 Å². The van der Waals surface area contributed by atoms with Gasteiger partial charge in [0.05, 0.1) is 11.4 Å². The van der Waals surface area contributed by atoms with Gasteiger partial charge in [-0.15, -0.1) is 0 Å². The SMILES string of the molecule is Cc1cc(C)n2c(n1)c(Cc1ccc(C(C(=O)NN)C(C)Cc3ccccc3)cc1)c1ccccc12. The summed E-state index contributed by atoms with van der Waals surface area (Å²) >= 11 is 0. The van der Waals surface area contributed by atoms with Gasteiger partial charge in [-0.25, -0.2) is 10.8 Å². The van der Waals surface area contributed by atoms with Gasteiger partial charge in [-0.2, -0.15) is 0 Å². The monoisotopic (exact) mass is 476 g/mol. The molecule has 182 valence electrons. The molecule has 2 aromatic heterocycles. The average Bonchev–Trinajstić information content (AvgIpc) is 3.19. The third kappa shape index (κ3) is 4.50. The number of aryl methyl sites for hydroxylation is 2. The summed E-state index contributed by atoms with van der Waals surface area (Å²) in [6.07, 6.45) is 1.56. The number of hydrogen-bond acceptors (Lipinski definition) is 3. The van der Waals surface area contributed by atoms with Crippen LogP contribution in [0.25, 0.3) is 16.6 Å². The Balaban J connectivity index is 1.47. The summed E-state index contributed by atoms with van der Waals surface area (Å²) < 4.78 is 2.25. The van der Waals surface area contributed by atoms with E-state index in [4.69, 9.17) is 10.8 Å². The lowest BCUT2D eigenvalue weighted by molar-refractivity contribution is -0.123. The fourth-order valence-electron chi connectivity index (χ4n) is 5.49. The maximum atomic E-state index is 12.8. The van der Waals surface area contributed by atoms with Gasteiger partial charge in [0.1, 0.15) is 5.65 Å². The number of nitrogens with one attached hydrogen (secondary N) is 1. The first-order valence-electron chi connectivity index (χ1n) is 12.5. The maximum Gasteiger partial charge on any atom is 0.241 e. The number of carbonyl (C=O) groups is 1. The number of rotatable bonds is 7. The Morgan fingerprint density at radius 1 is 0.944 bits per heavy atom. The van der Waals surface area contributed by atoms with Crippen LogP contribution >= 0.6 is 0 Å². The van der Waals surface area contributed by atoms with E-state index in [0.717, 1.165) is 29.7 Å². The molecule has 5 nitrogen and oxygen atoms in total. The third-order valence-electron chi connectivity index (χ3n) is 7.12.